The second kappa shape index (κ2) is 5.29. The van der Waals surface area contributed by atoms with Gasteiger partial charge in [-0.15, -0.1) is 0 Å². The van der Waals surface area contributed by atoms with E-state index in [2.05, 4.69) is 0 Å². The average Bonchev–Trinajstić information content (AvgIpc) is 2.25. The lowest BCUT2D eigenvalue weighted by Gasteiger charge is -2.10. The van der Waals surface area contributed by atoms with Crippen molar-refractivity contribution in [1.29, 1.82) is 0 Å². The molecule has 0 fully saturated rings. The molecule has 6 heteroatoms. The van der Waals surface area contributed by atoms with Crippen LogP contribution in [0, 0.1) is 0 Å². The predicted molar refractivity (Wildman–Crippen MR) is 63.4 cm³/mol. The summed E-state index contributed by atoms with van der Waals surface area (Å²) in [5, 5.41) is 8.53. The standard InChI is InChI=1S/C11H15NO4S/c1-17(15,16)9-4-2-8(3-5-9)10(12)6-7-11(13)14/h2-5,10H,6-7,12H2,1H3,(H,13,14)/t10-/m1/s1. The highest BCUT2D eigenvalue weighted by molar-refractivity contribution is 7.90. The normalized spacial score (nSPS) is 13.3. The van der Waals surface area contributed by atoms with Crippen LogP contribution >= 0.6 is 0 Å². The van der Waals surface area contributed by atoms with Crippen LogP contribution in [-0.4, -0.2) is 25.7 Å². The van der Waals surface area contributed by atoms with Crippen LogP contribution in [0.4, 0.5) is 0 Å². The molecule has 1 aromatic rings. The van der Waals surface area contributed by atoms with Gasteiger partial charge >= 0.3 is 5.97 Å². The molecular formula is C11H15NO4S. The molecule has 0 heterocycles. The quantitative estimate of drug-likeness (QED) is 0.818. The first kappa shape index (κ1) is 13.7. The summed E-state index contributed by atoms with van der Waals surface area (Å²) in [6.07, 6.45) is 1.45. The van der Waals surface area contributed by atoms with Crippen molar-refractivity contribution in [3.05, 3.63) is 29.8 Å². The first-order valence-corrected chi connectivity index (χ1v) is 6.97. The van der Waals surface area contributed by atoms with Crippen LogP contribution in [0.25, 0.3) is 0 Å². The van der Waals surface area contributed by atoms with Crippen LogP contribution in [-0.2, 0) is 14.6 Å². The molecule has 1 aromatic carbocycles. The maximum atomic E-state index is 11.2. The summed E-state index contributed by atoms with van der Waals surface area (Å²) < 4.78 is 22.4. The van der Waals surface area contributed by atoms with E-state index in [-0.39, 0.29) is 17.4 Å². The number of sulfone groups is 1. The van der Waals surface area contributed by atoms with Gasteiger partial charge in [-0.1, -0.05) is 12.1 Å². The number of carboxylic acid groups (broad SMARTS) is 1. The third kappa shape index (κ3) is 4.16. The van der Waals surface area contributed by atoms with Crippen LogP contribution in [0.15, 0.2) is 29.2 Å². The van der Waals surface area contributed by atoms with Crippen molar-refractivity contribution < 1.29 is 18.3 Å². The highest BCUT2D eigenvalue weighted by Gasteiger charge is 2.11. The van der Waals surface area contributed by atoms with Crippen molar-refractivity contribution in [2.45, 2.75) is 23.8 Å². The smallest absolute Gasteiger partial charge is 0.303 e. The Bertz CT molecular complexity index is 493. The van der Waals surface area contributed by atoms with Crippen molar-refractivity contribution in [3.63, 3.8) is 0 Å². The maximum Gasteiger partial charge on any atom is 0.303 e. The minimum Gasteiger partial charge on any atom is -0.481 e. The van der Waals surface area contributed by atoms with E-state index in [1.54, 1.807) is 12.1 Å². The Morgan fingerprint density at radius 3 is 2.29 bits per heavy atom. The first-order chi connectivity index (χ1) is 7.80. The summed E-state index contributed by atoms with van der Waals surface area (Å²) in [7, 11) is -3.21. The Labute approximate surface area is 100 Å². The van der Waals surface area contributed by atoms with Gasteiger partial charge in [0.1, 0.15) is 0 Å². The first-order valence-electron chi connectivity index (χ1n) is 5.08. The number of hydrogen-bond donors (Lipinski definition) is 2. The fraction of sp³-hybridized carbons (Fsp3) is 0.364. The molecule has 0 aliphatic carbocycles. The number of carbonyl (C=O) groups is 1. The van der Waals surface area contributed by atoms with Crippen LogP contribution in [0.3, 0.4) is 0 Å². The number of aliphatic carboxylic acids is 1. The summed E-state index contributed by atoms with van der Waals surface area (Å²) in [5.41, 5.74) is 6.52. The van der Waals surface area contributed by atoms with Crippen molar-refractivity contribution in [2.75, 3.05) is 6.26 Å². The van der Waals surface area contributed by atoms with E-state index >= 15 is 0 Å². The van der Waals surface area contributed by atoms with E-state index in [0.29, 0.717) is 6.42 Å². The summed E-state index contributed by atoms with van der Waals surface area (Å²) in [6.45, 7) is 0. The zero-order valence-corrected chi connectivity index (χ0v) is 10.3. The number of rotatable bonds is 5. The average molecular weight is 257 g/mol. The molecule has 1 atom stereocenters. The summed E-state index contributed by atoms with van der Waals surface area (Å²) in [4.78, 5) is 10.6. The van der Waals surface area contributed by atoms with Crippen LogP contribution in [0.1, 0.15) is 24.4 Å². The van der Waals surface area contributed by atoms with Crippen molar-refractivity contribution >= 4 is 15.8 Å². The molecule has 0 aromatic heterocycles. The van der Waals surface area contributed by atoms with E-state index < -0.39 is 15.8 Å². The van der Waals surface area contributed by atoms with Gasteiger partial charge in [0.2, 0.25) is 0 Å². The zero-order chi connectivity index (χ0) is 13.1. The molecule has 0 radical (unpaired) electrons. The third-order valence-corrected chi connectivity index (χ3v) is 3.53. The molecule has 17 heavy (non-hydrogen) atoms. The molecule has 0 aliphatic rings. The molecule has 0 aliphatic heterocycles. The third-order valence-electron chi connectivity index (χ3n) is 2.41. The van der Waals surface area contributed by atoms with Gasteiger partial charge in [0.05, 0.1) is 4.90 Å². The molecule has 5 nitrogen and oxygen atoms in total. The highest BCUT2D eigenvalue weighted by Crippen LogP contribution is 2.18. The van der Waals surface area contributed by atoms with E-state index in [0.717, 1.165) is 11.8 Å². The summed E-state index contributed by atoms with van der Waals surface area (Å²) >= 11 is 0. The Morgan fingerprint density at radius 2 is 1.88 bits per heavy atom. The van der Waals surface area contributed by atoms with Gasteiger partial charge in [-0.3, -0.25) is 4.79 Å². The van der Waals surface area contributed by atoms with E-state index in [1.165, 1.54) is 12.1 Å². The van der Waals surface area contributed by atoms with Crippen LogP contribution in [0.2, 0.25) is 0 Å². The topological polar surface area (TPSA) is 97.5 Å². The molecule has 0 saturated heterocycles. The molecular weight excluding hydrogens is 242 g/mol. The van der Waals surface area contributed by atoms with E-state index in [4.69, 9.17) is 10.8 Å². The lowest BCUT2D eigenvalue weighted by atomic mass is 10.0. The summed E-state index contributed by atoms with van der Waals surface area (Å²) in [6, 6.07) is 5.79. The lowest BCUT2D eigenvalue weighted by molar-refractivity contribution is -0.137. The fourth-order valence-electron chi connectivity index (χ4n) is 1.41. The second-order valence-electron chi connectivity index (χ2n) is 3.88. The molecule has 0 bridgehead atoms. The van der Waals surface area contributed by atoms with Gasteiger partial charge in [-0.05, 0) is 24.1 Å². The summed E-state index contributed by atoms with van der Waals surface area (Å²) in [5.74, 6) is -0.895. The molecule has 3 N–H and O–H groups in total. The zero-order valence-electron chi connectivity index (χ0n) is 9.46. The largest absolute Gasteiger partial charge is 0.481 e. The van der Waals surface area contributed by atoms with E-state index in [1.807, 2.05) is 0 Å². The van der Waals surface area contributed by atoms with Crippen LogP contribution in [0.5, 0.6) is 0 Å². The number of benzene rings is 1. The van der Waals surface area contributed by atoms with Gasteiger partial charge in [-0.2, -0.15) is 0 Å². The molecule has 0 unspecified atom stereocenters. The van der Waals surface area contributed by atoms with Gasteiger partial charge in [0, 0.05) is 18.7 Å². The Balaban J connectivity index is 2.77. The monoisotopic (exact) mass is 257 g/mol. The van der Waals surface area contributed by atoms with Gasteiger partial charge in [0.15, 0.2) is 9.84 Å². The number of nitrogens with two attached hydrogens (primary N) is 1. The van der Waals surface area contributed by atoms with Crippen molar-refractivity contribution in [2.24, 2.45) is 5.73 Å². The Kier molecular flexibility index (Phi) is 4.25. The molecule has 0 saturated carbocycles. The van der Waals surface area contributed by atoms with Crippen LogP contribution < -0.4 is 5.73 Å². The molecule has 0 amide bonds. The van der Waals surface area contributed by atoms with Gasteiger partial charge < -0.3 is 10.8 Å². The number of hydrogen-bond acceptors (Lipinski definition) is 4. The molecule has 1 rings (SSSR count). The second-order valence-corrected chi connectivity index (χ2v) is 5.90. The van der Waals surface area contributed by atoms with Gasteiger partial charge in [0.25, 0.3) is 0 Å². The maximum absolute atomic E-state index is 11.2. The van der Waals surface area contributed by atoms with Crippen molar-refractivity contribution in [3.8, 4) is 0 Å². The number of carboxylic acids is 1. The molecule has 0 spiro atoms. The fourth-order valence-corrected chi connectivity index (χ4v) is 2.04. The minimum absolute atomic E-state index is 0.00497. The van der Waals surface area contributed by atoms with Crippen molar-refractivity contribution in [1.82, 2.24) is 0 Å². The van der Waals surface area contributed by atoms with E-state index in [9.17, 15) is 13.2 Å². The minimum atomic E-state index is -3.21. The highest BCUT2D eigenvalue weighted by atomic mass is 32.2. The Hall–Kier alpha value is -1.40. The SMILES string of the molecule is CS(=O)(=O)c1ccc([C@H](N)CCC(=O)O)cc1. The predicted octanol–water partition coefficient (Wildman–Crippen LogP) is 0.955. The molecule has 94 valence electrons. The van der Waals surface area contributed by atoms with Gasteiger partial charge in [-0.25, -0.2) is 8.42 Å². The lowest BCUT2D eigenvalue weighted by Crippen LogP contribution is -2.12. The Morgan fingerprint density at radius 1 is 1.35 bits per heavy atom.